The van der Waals surface area contributed by atoms with Crippen molar-refractivity contribution in [2.75, 3.05) is 6.54 Å². The number of rotatable bonds is 7. The summed E-state index contributed by atoms with van der Waals surface area (Å²) in [4.78, 5) is 37.7. The van der Waals surface area contributed by atoms with Crippen LogP contribution in [-0.4, -0.2) is 46.6 Å². The summed E-state index contributed by atoms with van der Waals surface area (Å²) >= 11 is 0. The quantitative estimate of drug-likeness (QED) is 0.776. The Labute approximate surface area is 153 Å². The van der Waals surface area contributed by atoms with E-state index in [1.807, 2.05) is 37.3 Å². The number of nitrogens with zero attached hydrogens (tertiary/aromatic N) is 1. The van der Waals surface area contributed by atoms with Gasteiger partial charge < -0.3 is 15.2 Å². The Bertz CT molecular complexity index is 634. The van der Waals surface area contributed by atoms with Crippen LogP contribution < -0.4 is 5.32 Å². The number of benzene rings is 1. The first-order valence-corrected chi connectivity index (χ1v) is 8.94. The number of nitrogens with one attached hydrogen (secondary N) is 1. The van der Waals surface area contributed by atoms with Gasteiger partial charge in [0, 0.05) is 6.54 Å². The van der Waals surface area contributed by atoms with Crippen molar-refractivity contribution < 1.29 is 24.2 Å². The van der Waals surface area contributed by atoms with Crippen LogP contribution in [-0.2, 0) is 20.9 Å². The Morgan fingerprint density at radius 3 is 2.62 bits per heavy atom. The van der Waals surface area contributed by atoms with Gasteiger partial charge in [-0.3, -0.25) is 9.69 Å². The van der Waals surface area contributed by atoms with Gasteiger partial charge in [-0.2, -0.15) is 0 Å². The standard InChI is InChI=1S/C19H26N2O5/c1-3-13(2)16(18(23)24)20-17(22)15-10-7-11-21(15)19(25)26-12-14-8-5-4-6-9-14/h4-6,8-9,13,15-16H,3,7,10-12H2,1-2H3,(H,20,22)(H,23,24)/t13-,15-,16-/m1/s1. The molecule has 0 radical (unpaired) electrons. The number of carbonyl (C=O) groups excluding carboxylic acids is 2. The van der Waals surface area contributed by atoms with E-state index < -0.39 is 30.1 Å². The van der Waals surface area contributed by atoms with Crippen molar-refractivity contribution in [2.24, 2.45) is 5.92 Å². The molecule has 2 N–H and O–H groups in total. The van der Waals surface area contributed by atoms with Gasteiger partial charge in [0.2, 0.25) is 5.91 Å². The summed E-state index contributed by atoms with van der Waals surface area (Å²) < 4.78 is 5.30. The maximum atomic E-state index is 12.5. The van der Waals surface area contributed by atoms with E-state index >= 15 is 0 Å². The van der Waals surface area contributed by atoms with E-state index in [9.17, 15) is 19.5 Å². The van der Waals surface area contributed by atoms with Crippen molar-refractivity contribution in [3.05, 3.63) is 35.9 Å². The summed E-state index contributed by atoms with van der Waals surface area (Å²) in [6.07, 6.45) is 1.26. The molecule has 0 aliphatic carbocycles. The largest absolute Gasteiger partial charge is 0.480 e. The molecule has 1 aliphatic rings. The normalized spacial score (nSPS) is 18.8. The highest BCUT2D eigenvalue weighted by atomic mass is 16.6. The van der Waals surface area contributed by atoms with Crippen LogP contribution in [0.15, 0.2) is 30.3 Å². The van der Waals surface area contributed by atoms with Gasteiger partial charge in [-0.1, -0.05) is 50.6 Å². The number of carbonyl (C=O) groups is 3. The van der Waals surface area contributed by atoms with Crippen LogP contribution in [0.2, 0.25) is 0 Å². The molecule has 0 aromatic heterocycles. The fourth-order valence-corrected chi connectivity index (χ4v) is 2.99. The minimum atomic E-state index is -1.07. The van der Waals surface area contributed by atoms with Gasteiger partial charge in [-0.05, 0) is 24.3 Å². The van der Waals surface area contributed by atoms with E-state index in [0.29, 0.717) is 25.8 Å². The van der Waals surface area contributed by atoms with Crippen LogP contribution in [0, 0.1) is 5.92 Å². The van der Waals surface area contributed by atoms with Crippen LogP contribution in [0.3, 0.4) is 0 Å². The summed E-state index contributed by atoms with van der Waals surface area (Å²) in [7, 11) is 0. The van der Waals surface area contributed by atoms with Gasteiger partial charge in [-0.25, -0.2) is 9.59 Å². The molecule has 0 bridgehead atoms. The highest BCUT2D eigenvalue weighted by Crippen LogP contribution is 2.20. The molecule has 7 heteroatoms. The fourth-order valence-electron chi connectivity index (χ4n) is 2.99. The summed E-state index contributed by atoms with van der Waals surface area (Å²) in [6.45, 7) is 4.21. The SMILES string of the molecule is CC[C@@H](C)[C@@H](NC(=O)[C@H]1CCCN1C(=O)OCc1ccccc1)C(=O)O. The second-order valence-corrected chi connectivity index (χ2v) is 6.60. The molecule has 1 saturated heterocycles. The Morgan fingerprint density at radius 1 is 1.31 bits per heavy atom. The van der Waals surface area contributed by atoms with Crippen LogP contribution in [0.5, 0.6) is 0 Å². The molecule has 1 fully saturated rings. The summed E-state index contributed by atoms with van der Waals surface area (Å²) in [5.74, 6) is -1.70. The molecule has 1 heterocycles. The van der Waals surface area contributed by atoms with E-state index in [1.165, 1.54) is 4.90 Å². The first kappa shape index (κ1) is 19.8. The predicted molar refractivity (Wildman–Crippen MR) is 95.4 cm³/mol. The second-order valence-electron chi connectivity index (χ2n) is 6.60. The van der Waals surface area contributed by atoms with Crippen molar-refractivity contribution in [3.8, 4) is 0 Å². The molecule has 0 unspecified atom stereocenters. The van der Waals surface area contributed by atoms with Crippen molar-refractivity contribution in [2.45, 2.75) is 51.8 Å². The lowest BCUT2D eigenvalue weighted by atomic mass is 9.99. The van der Waals surface area contributed by atoms with Gasteiger partial charge in [0.1, 0.15) is 18.7 Å². The lowest BCUT2D eigenvalue weighted by molar-refractivity contribution is -0.144. The number of hydrogen-bond donors (Lipinski definition) is 2. The van der Waals surface area contributed by atoms with Gasteiger partial charge in [0.15, 0.2) is 0 Å². The van der Waals surface area contributed by atoms with Crippen LogP contribution in [0.1, 0.15) is 38.7 Å². The van der Waals surface area contributed by atoms with Crippen molar-refractivity contribution in [1.29, 1.82) is 0 Å². The van der Waals surface area contributed by atoms with Crippen LogP contribution in [0.4, 0.5) is 4.79 Å². The van der Waals surface area contributed by atoms with Gasteiger partial charge in [0.25, 0.3) is 0 Å². The first-order chi connectivity index (χ1) is 12.4. The third-order valence-electron chi connectivity index (χ3n) is 4.77. The van der Waals surface area contributed by atoms with Gasteiger partial charge >= 0.3 is 12.1 Å². The molecule has 3 atom stereocenters. The van der Waals surface area contributed by atoms with Gasteiger partial charge in [0.05, 0.1) is 0 Å². The van der Waals surface area contributed by atoms with Crippen molar-refractivity contribution >= 4 is 18.0 Å². The van der Waals surface area contributed by atoms with Crippen LogP contribution >= 0.6 is 0 Å². The van der Waals surface area contributed by atoms with E-state index in [4.69, 9.17) is 4.74 Å². The fraction of sp³-hybridized carbons (Fsp3) is 0.526. The minimum Gasteiger partial charge on any atom is -0.480 e. The summed E-state index contributed by atoms with van der Waals surface area (Å²) in [5.41, 5.74) is 0.865. The molecule has 1 aliphatic heterocycles. The molecule has 7 nitrogen and oxygen atoms in total. The number of carboxylic acids is 1. The molecule has 2 rings (SSSR count). The number of hydrogen-bond acceptors (Lipinski definition) is 4. The zero-order valence-electron chi connectivity index (χ0n) is 15.2. The summed E-state index contributed by atoms with van der Waals surface area (Å²) in [5, 5.41) is 11.9. The molecular formula is C19H26N2O5. The van der Waals surface area contributed by atoms with E-state index in [-0.39, 0.29) is 12.5 Å². The zero-order valence-corrected chi connectivity index (χ0v) is 15.2. The topological polar surface area (TPSA) is 95.9 Å². The predicted octanol–water partition coefficient (Wildman–Crippen LogP) is 2.40. The Morgan fingerprint density at radius 2 is 2.00 bits per heavy atom. The Kier molecular flexibility index (Phi) is 7.00. The maximum Gasteiger partial charge on any atom is 0.410 e. The molecule has 0 saturated carbocycles. The van der Waals surface area contributed by atoms with E-state index in [2.05, 4.69) is 5.32 Å². The highest BCUT2D eigenvalue weighted by Gasteiger charge is 2.37. The molecule has 26 heavy (non-hydrogen) atoms. The van der Waals surface area contributed by atoms with E-state index in [1.54, 1.807) is 6.92 Å². The molecule has 1 aromatic carbocycles. The molecule has 142 valence electrons. The number of amides is 2. The van der Waals surface area contributed by atoms with E-state index in [0.717, 1.165) is 5.56 Å². The molecule has 1 aromatic rings. The first-order valence-electron chi connectivity index (χ1n) is 8.94. The lowest BCUT2D eigenvalue weighted by Gasteiger charge is -2.26. The monoisotopic (exact) mass is 362 g/mol. The molecule has 0 spiro atoms. The lowest BCUT2D eigenvalue weighted by Crippen LogP contribution is -2.52. The third-order valence-corrected chi connectivity index (χ3v) is 4.77. The number of ether oxygens (including phenoxy) is 1. The third kappa shape index (κ3) is 4.97. The van der Waals surface area contributed by atoms with Crippen LogP contribution in [0.25, 0.3) is 0 Å². The Hall–Kier alpha value is -2.57. The smallest absolute Gasteiger partial charge is 0.410 e. The molecular weight excluding hydrogens is 336 g/mol. The van der Waals surface area contributed by atoms with Crippen molar-refractivity contribution in [1.82, 2.24) is 10.2 Å². The highest BCUT2D eigenvalue weighted by molar-refractivity contribution is 5.89. The Balaban J connectivity index is 1.96. The van der Waals surface area contributed by atoms with Crippen molar-refractivity contribution in [3.63, 3.8) is 0 Å². The average Bonchev–Trinajstić information content (AvgIpc) is 3.14. The number of likely N-dealkylation sites (tertiary alicyclic amines) is 1. The summed E-state index contributed by atoms with van der Waals surface area (Å²) in [6, 6.07) is 7.64. The van der Waals surface area contributed by atoms with Gasteiger partial charge in [-0.15, -0.1) is 0 Å². The number of aliphatic carboxylic acids is 1. The maximum absolute atomic E-state index is 12.5. The second kappa shape index (κ2) is 9.22. The number of carboxylic acid groups (broad SMARTS) is 1. The average molecular weight is 362 g/mol. The zero-order chi connectivity index (χ0) is 19.1. The minimum absolute atomic E-state index is 0.134. The molecule has 2 amide bonds.